The quantitative estimate of drug-likeness (QED) is 0.578. The van der Waals surface area contributed by atoms with Gasteiger partial charge in [-0.05, 0) is 55.3 Å². The second-order valence-electron chi connectivity index (χ2n) is 10.1. The van der Waals surface area contributed by atoms with Crippen LogP contribution < -0.4 is 14.8 Å². The van der Waals surface area contributed by atoms with E-state index in [-0.39, 0.29) is 30.4 Å². The van der Waals surface area contributed by atoms with Gasteiger partial charge in [0, 0.05) is 50.2 Å². The van der Waals surface area contributed by atoms with Gasteiger partial charge in [-0.3, -0.25) is 19.3 Å². The summed E-state index contributed by atoms with van der Waals surface area (Å²) in [5.74, 6) is 0.579. The van der Waals surface area contributed by atoms with Gasteiger partial charge in [-0.2, -0.15) is 0 Å². The van der Waals surface area contributed by atoms with Gasteiger partial charge >= 0.3 is 0 Å². The van der Waals surface area contributed by atoms with E-state index in [1.165, 1.54) is 0 Å². The van der Waals surface area contributed by atoms with Crippen molar-refractivity contribution in [2.75, 3.05) is 47.1 Å². The fourth-order valence-electron chi connectivity index (χ4n) is 5.58. The highest BCUT2D eigenvalue weighted by molar-refractivity contribution is 5.99. The smallest absolute Gasteiger partial charge is 0.256 e. The minimum Gasteiger partial charge on any atom is -0.497 e. The number of benzene rings is 2. The summed E-state index contributed by atoms with van der Waals surface area (Å²) in [5, 5.41) is 2.97. The predicted octanol–water partition coefficient (Wildman–Crippen LogP) is 2.47. The molecule has 3 aliphatic heterocycles. The Morgan fingerprint density at radius 1 is 0.974 bits per heavy atom. The van der Waals surface area contributed by atoms with Crippen LogP contribution in [0, 0.1) is 0 Å². The SMILES string of the molecule is COc1ccc(C(=O)N2C(C(=O)NCC3CCCO3)COC23CCN(C(=O)c2cccc(OC)c2)CC3)cc1. The fourth-order valence-corrected chi connectivity index (χ4v) is 5.58. The average molecular weight is 538 g/mol. The molecule has 3 amide bonds. The minimum atomic E-state index is -0.992. The zero-order valence-electron chi connectivity index (χ0n) is 22.4. The zero-order valence-corrected chi connectivity index (χ0v) is 22.4. The third-order valence-corrected chi connectivity index (χ3v) is 7.80. The molecule has 39 heavy (non-hydrogen) atoms. The van der Waals surface area contributed by atoms with E-state index in [1.54, 1.807) is 72.6 Å². The van der Waals surface area contributed by atoms with Gasteiger partial charge < -0.3 is 29.2 Å². The van der Waals surface area contributed by atoms with Gasteiger partial charge in [-0.25, -0.2) is 0 Å². The Hall–Kier alpha value is -3.63. The molecule has 0 aromatic heterocycles. The maximum atomic E-state index is 13.9. The van der Waals surface area contributed by atoms with Gasteiger partial charge in [0.15, 0.2) is 0 Å². The number of nitrogens with zero attached hydrogens (tertiary/aromatic N) is 2. The lowest BCUT2D eigenvalue weighted by atomic mass is 9.96. The maximum absolute atomic E-state index is 13.9. The number of hydrogen-bond donors (Lipinski definition) is 1. The number of methoxy groups -OCH3 is 2. The molecule has 208 valence electrons. The van der Waals surface area contributed by atoms with Crippen LogP contribution in [0.15, 0.2) is 48.5 Å². The van der Waals surface area contributed by atoms with E-state index in [0.717, 1.165) is 12.8 Å². The summed E-state index contributed by atoms with van der Waals surface area (Å²) in [6.45, 7) is 1.95. The Kier molecular flexibility index (Phi) is 8.04. The Bertz CT molecular complexity index is 1190. The number of piperidine rings is 1. The number of likely N-dealkylation sites (tertiary alicyclic amines) is 1. The Labute approximate surface area is 228 Å². The van der Waals surface area contributed by atoms with E-state index in [4.69, 9.17) is 18.9 Å². The molecule has 10 nitrogen and oxygen atoms in total. The summed E-state index contributed by atoms with van der Waals surface area (Å²) in [6.07, 6.45) is 2.64. The second kappa shape index (κ2) is 11.6. The van der Waals surface area contributed by atoms with Crippen LogP contribution in [0.1, 0.15) is 46.4 Å². The number of carbonyl (C=O) groups is 3. The highest BCUT2D eigenvalue weighted by Gasteiger charge is 2.54. The summed E-state index contributed by atoms with van der Waals surface area (Å²) >= 11 is 0. The van der Waals surface area contributed by atoms with E-state index in [2.05, 4.69) is 5.32 Å². The van der Waals surface area contributed by atoms with Crippen molar-refractivity contribution in [3.8, 4) is 11.5 Å². The molecule has 0 radical (unpaired) electrons. The largest absolute Gasteiger partial charge is 0.497 e. The van der Waals surface area contributed by atoms with Gasteiger partial charge in [0.25, 0.3) is 11.8 Å². The number of carbonyl (C=O) groups excluding carboxylic acids is 3. The zero-order chi connectivity index (χ0) is 27.4. The Balaban J connectivity index is 1.34. The second-order valence-corrected chi connectivity index (χ2v) is 10.1. The number of nitrogens with one attached hydrogen (secondary N) is 1. The standard InChI is InChI=1S/C29H35N3O7/c1-36-22-10-8-20(9-11-22)28(35)32-25(26(33)30-18-24-7-4-16-38-24)19-39-29(32)12-14-31(15-13-29)27(34)21-5-3-6-23(17-21)37-2/h3,5-6,8-11,17,24-25H,4,7,12-16,18-19H2,1-2H3,(H,30,33). The molecule has 3 saturated heterocycles. The molecule has 3 fully saturated rings. The first-order chi connectivity index (χ1) is 18.9. The van der Waals surface area contributed by atoms with Crippen molar-refractivity contribution in [1.29, 1.82) is 0 Å². The summed E-state index contributed by atoms with van der Waals surface area (Å²) in [7, 11) is 3.13. The molecule has 2 atom stereocenters. The van der Waals surface area contributed by atoms with Crippen LogP contribution in [-0.4, -0.2) is 92.5 Å². The third-order valence-electron chi connectivity index (χ3n) is 7.80. The number of rotatable bonds is 7. The molecule has 3 heterocycles. The third kappa shape index (κ3) is 5.58. The molecule has 0 saturated carbocycles. The van der Waals surface area contributed by atoms with Gasteiger partial charge in [-0.1, -0.05) is 6.07 Å². The molecule has 2 aromatic carbocycles. The molecule has 0 aliphatic carbocycles. The minimum absolute atomic E-state index is 0.0122. The van der Waals surface area contributed by atoms with E-state index in [1.807, 2.05) is 0 Å². The van der Waals surface area contributed by atoms with E-state index >= 15 is 0 Å². The molecule has 5 rings (SSSR count). The summed E-state index contributed by atoms with van der Waals surface area (Å²) < 4.78 is 22.4. The first kappa shape index (κ1) is 27.0. The van der Waals surface area contributed by atoms with Gasteiger partial charge in [0.1, 0.15) is 23.3 Å². The van der Waals surface area contributed by atoms with Crippen LogP contribution >= 0.6 is 0 Å². The van der Waals surface area contributed by atoms with Gasteiger partial charge in [-0.15, -0.1) is 0 Å². The monoisotopic (exact) mass is 537 g/mol. The normalized spacial score (nSPS) is 22.1. The van der Waals surface area contributed by atoms with Crippen LogP contribution in [-0.2, 0) is 14.3 Å². The predicted molar refractivity (Wildman–Crippen MR) is 142 cm³/mol. The van der Waals surface area contributed by atoms with Crippen LogP contribution in [0.3, 0.4) is 0 Å². The lowest BCUT2D eigenvalue weighted by molar-refractivity contribution is -0.128. The summed E-state index contributed by atoms with van der Waals surface area (Å²) in [6, 6.07) is 13.1. The topological polar surface area (TPSA) is 107 Å². The highest BCUT2D eigenvalue weighted by Crippen LogP contribution is 2.39. The van der Waals surface area contributed by atoms with E-state index in [0.29, 0.717) is 61.7 Å². The average Bonchev–Trinajstić information content (AvgIpc) is 3.64. The number of hydrogen-bond acceptors (Lipinski definition) is 7. The molecule has 0 bridgehead atoms. The van der Waals surface area contributed by atoms with Crippen molar-refractivity contribution >= 4 is 17.7 Å². The number of ether oxygens (including phenoxy) is 4. The highest BCUT2D eigenvalue weighted by atomic mass is 16.5. The van der Waals surface area contributed by atoms with Crippen LogP contribution in [0.4, 0.5) is 0 Å². The molecule has 3 aliphatic rings. The van der Waals surface area contributed by atoms with E-state index in [9.17, 15) is 14.4 Å². The molecular formula is C29H35N3O7. The van der Waals surface area contributed by atoms with Crippen molar-refractivity contribution in [2.45, 2.75) is 43.6 Å². The molecule has 2 aromatic rings. The van der Waals surface area contributed by atoms with Crippen molar-refractivity contribution in [3.63, 3.8) is 0 Å². The molecule has 1 spiro atoms. The Morgan fingerprint density at radius 3 is 2.38 bits per heavy atom. The summed E-state index contributed by atoms with van der Waals surface area (Å²) in [4.78, 5) is 43.8. The Morgan fingerprint density at radius 2 is 1.72 bits per heavy atom. The van der Waals surface area contributed by atoms with Gasteiger partial charge in [0.2, 0.25) is 5.91 Å². The van der Waals surface area contributed by atoms with E-state index < -0.39 is 11.8 Å². The lowest BCUT2D eigenvalue weighted by Gasteiger charge is -2.44. The van der Waals surface area contributed by atoms with Crippen molar-refractivity contribution in [3.05, 3.63) is 59.7 Å². The summed E-state index contributed by atoms with van der Waals surface area (Å²) in [5.41, 5.74) is -0.0173. The van der Waals surface area contributed by atoms with Crippen molar-refractivity contribution in [2.24, 2.45) is 0 Å². The van der Waals surface area contributed by atoms with Gasteiger partial charge in [0.05, 0.1) is 26.9 Å². The maximum Gasteiger partial charge on any atom is 0.256 e. The number of amides is 3. The molecule has 1 N–H and O–H groups in total. The fraction of sp³-hybridized carbons (Fsp3) is 0.483. The first-order valence-corrected chi connectivity index (χ1v) is 13.4. The molecular weight excluding hydrogens is 502 g/mol. The van der Waals surface area contributed by atoms with Crippen molar-refractivity contribution < 1.29 is 33.3 Å². The van der Waals surface area contributed by atoms with Crippen LogP contribution in [0.2, 0.25) is 0 Å². The first-order valence-electron chi connectivity index (χ1n) is 13.4. The molecule has 2 unspecified atom stereocenters. The van der Waals surface area contributed by atoms with Crippen LogP contribution in [0.5, 0.6) is 11.5 Å². The lowest BCUT2D eigenvalue weighted by Crippen LogP contribution is -2.60. The molecule has 10 heteroatoms. The van der Waals surface area contributed by atoms with Crippen LogP contribution in [0.25, 0.3) is 0 Å². The van der Waals surface area contributed by atoms with Crippen molar-refractivity contribution in [1.82, 2.24) is 15.1 Å².